The van der Waals surface area contributed by atoms with Gasteiger partial charge in [-0.25, -0.2) is 14.5 Å². The summed E-state index contributed by atoms with van der Waals surface area (Å²) in [4.78, 5) is 25.3. The van der Waals surface area contributed by atoms with Gasteiger partial charge in [0, 0.05) is 13.1 Å². The van der Waals surface area contributed by atoms with E-state index in [4.69, 9.17) is 9.84 Å². The van der Waals surface area contributed by atoms with E-state index in [1.54, 1.807) is 27.7 Å². The lowest BCUT2D eigenvalue weighted by atomic mass is 9.98. The standard InChI is InChI=1S/C13H15NO2.C12H18F3NO5S/c1-10-7-8-14(13(15)16)12(9-10)11-5-3-2-4-6-11;1-8-5-6-16(10(17)20-11(2,3)4)9(7-8)21-22(18,19)12(13,14)15/h2-6,9-10H,7-8H2,1H3,(H,15,16);7-8H,5-6H2,1-4H3. The highest BCUT2D eigenvalue weighted by Crippen LogP contribution is 2.31. The number of halogens is 3. The van der Waals surface area contributed by atoms with E-state index >= 15 is 0 Å². The maximum atomic E-state index is 12.4. The molecule has 1 aromatic rings. The molecule has 2 amide bonds. The molecule has 2 aliphatic heterocycles. The molecule has 0 saturated carbocycles. The lowest BCUT2D eigenvalue weighted by Crippen LogP contribution is -2.41. The van der Waals surface area contributed by atoms with Gasteiger partial charge in [-0.1, -0.05) is 50.3 Å². The average Bonchev–Trinajstić information content (AvgIpc) is 2.77. The molecule has 0 saturated heterocycles. The highest BCUT2D eigenvalue weighted by atomic mass is 32.2. The molecular weight excluding hydrogens is 529 g/mol. The molecule has 212 valence electrons. The Balaban J connectivity index is 0.000000279. The number of amides is 2. The van der Waals surface area contributed by atoms with Crippen LogP contribution in [-0.4, -0.2) is 59.7 Å². The van der Waals surface area contributed by atoms with Crippen molar-refractivity contribution in [1.29, 1.82) is 0 Å². The summed E-state index contributed by atoms with van der Waals surface area (Å²) in [5, 5.41) is 9.14. The predicted octanol–water partition coefficient (Wildman–Crippen LogP) is 6.02. The molecule has 0 bridgehead atoms. The molecule has 2 unspecified atom stereocenters. The highest BCUT2D eigenvalue weighted by Gasteiger charge is 2.50. The number of carbonyl (C=O) groups is 2. The van der Waals surface area contributed by atoms with Crippen molar-refractivity contribution in [3.8, 4) is 0 Å². The Labute approximate surface area is 220 Å². The normalized spacial score (nSPS) is 20.4. The summed E-state index contributed by atoms with van der Waals surface area (Å²) >= 11 is 0. The maximum Gasteiger partial charge on any atom is 0.534 e. The number of alkyl halides is 3. The third-order valence-corrected chi connectivity index (χ3v) is 6.39. The van der Waals surface area contributed by atoms with E-state index in [1.165, 1.54) is 4.90 Å². The summed E-state index contributed by atoms with van der Waals surface area (Å²) < 4.78 is 68.6. The molecule has 2 aliphatic rings. The second-order valence-corrected chi connectivity index (χ2v) is 11.5. The van der Waals surface area contributed by atoms with Gasteiger partial charge in [0.25, 0.3) is 0 Å². The summed E-state index contributed by atoms with van der Waals surface area (Å²) in [6.07, 6.45) is 2.68. The van der Waals surface area contributed by atoms with E-state index < -0.39 is 39.3 Å². The van der Waals surface area contributed by atoms with Gasteiger partial charge in [-0.3, -0.25) is 4.90 Å². The molecule has 1 aromatic carbocycles. The van der Waals surface area contributed by atoms with Crippen LogP contribution in [0.25, 0.3) is 5.70 Å². The number of hydrogen-bond acceptors (Lipinski definition) is 6. The van der Waals surface area contributed by atoms with E-state index in [1.807, 2.05) is 36.4 Å². The zero-order valence-electron chi connectivity index (χ0n) is 21.9. The first kappa shape index (κ1) is 31.0. The minimum Gasteiger partial charge on any atom is -0.465 e. The van der Waals surface area contributed by atoms with Crippen LogP contribution in [0.1, 0.15) is 53.0 Å². The van der Waals surface area contributed by atoms with Crippen molar-refractivity contribution in [2.24, 2.45) is 11.8 Å². The van der Waals surface area contributed by atoms with Crippen molar-refractivity contribution in [3.63, 3.8) is 0 Å². The Kier molecular flexibility index (Phi) is 9.87. The fraction of sp³-hybridized carbons (Fsp3) is 0.520. The van der Waals surface area contributed by atoms with Gasteiger partial charge >= 0.3 is 27.8 Å². The number of carbonyl (C=O) groups excluding carboxylic acids is 1. The number of benzene rings is 1. The fourth-order valence-corrected chi connectivity index (χ4v) is 4.01. The molecule has 0 radical (unpaired) electrons. The van der Waals surface area contributed by atoms with Crippen molar-refractivity contribution in [2.45, 2.75) is 58.6 Å². The molecule has 13 heteroatoms. The van der Waals surface area contributed by atoms with Crippen molar-refractivity contribution < 1.29 is 45.2 Å². The zero-order chi connectivity index (χ0) is 28.9. The molecule has 0 aromatic heterocycles. The van der Waals surface area contributed by atoms with Gasteiger partial charge < -0.3 is 14.0 Å². The topological polar surface area (TPSA) is 113 Å². The van der Waals surface area contributed by atoms with Crippen LogP contribution in [0.2, 0.25) is 0 Å². The number of allylic oxidation sites excluding steroid dienone is 2. The molecule has 3 rings (SSSR count). The van der Waals surface area contributed by atoms with Crippen LogP contribution in [0.5, 0.6) is 0 Å². The first-order valence-electron chi connectivity index (χ1n) is 11.9. The van der Waals surface area contributed by atoms with E-state index in [0.717, 1.165) is 28.7 Å². The number of nitrogens with zero attached hydrogens (tertiary/aromatic N) is 2. The molecule has 2 atom stereocenters. The lowest BCUT2D eigenvalue weighted by Gasteiger charge is -2.31. The molecule has 2 heterocycles. The zero-order valence-corrected chi connectivity index (χ0v) is 22.7. The van der Waals surface area contributed by atoms with Gasteiger partial charge in [0.1, 0.15) is 5.60 Å². The van der Waals surface area contributed by atoms with Crippen LogP contribution in [0.4, 0.5) is 22.8 Å². The van der Waals surface area contributed by atoms with Gasteiger partial charge in [0.2, 0.25) is 5.88 Å². The number of ether oxygens (including phenoxy) is 1. The monoisotopic (exact) mass is 562 g/mol. The highest BCUT2D eigenvalue weighted by molar-refractivity contribution is 7.87. The Bertz CT molecular complexity index is 1160. The molecule has 0 fully saturated rings. The number of rotatable bonds is 3. The molecule has 38 heavy (non-hydrogen) atoms. The molecular formula is C25H33F3N2O7S. The summed E-state index contributed by atoms with van der Waals surface area (Å²) in [5.74, 6) is -0.492. The SMILES string of the molecule is CC1C=C(OS(=O)(=O)C(F)(F)F)N(C(=O)OC(C)(C)C)CC1.CC1C=C(c2ccccc2)N(C(=O)O)CC1. The fourth-order valence-electron chi connectivity index (χ4n) is 3.55. The second kappa shape index (κ2) is 12.1. The first-order chi connectivity index (χ1) is 17.4. The van der Waals surface area contributed by atoms with Crippen LogP contribution in [0, 0.1) is 11.8 Å². The molecule has 0 aliphatic carbocycles. The summed E-state index contributed by atoms with van der Waals surface area (Å²) in [6.45, 7) is 9.08. The number of carboxylic acid groups (broad SMARTS) is 1. The van der Waals surface area contributed by atoms with E-state index in [0.29, 0.717) is 18.9 Å². The van der Waals surface area contributed by atoms with Crippen LogP contribution in [0.3, 0.4) is 0 Å². The Morgan fingerprint density at radius 2 is 1.47 bits per heavy atom. The first-order valence-corrected chi connectivity index (χ1v) is 13.3. The molecule has 9 nitrogen and oxygen atoms in total. The predicted molar refractivity (Wildman–Crippen MR) is 134 cm³/mol. The van der Waals surface area contributed by atoms with E-state index in [-0.39, 0.29) is 12.5 Å². The van der Waals surface area contributed by atoms with Crippen molar-refractivity contribution in [3.05, 3.63) is 53.9 Å². The van der Waals surface area contributed by atoms with Gasteiger partial charge in [0.15, 0.2) is 0 Å². The van der Waals surface area contributed by atoms with Crippen molar-refractivity contribution in [2.75, 3.05) is 13.1 Å². The average molecular weight is 563 g/mol. The third-order valence-electron chi connectivity index (χ3n) is 5.44. The Hall–Kier alpha value is -3.22. The number of hydrogen-bond donors (Lipinski definition) is 1. The summed E-state index contributed by atoms with van der Waals surface area (Å²) in [5.41, 5.74) is -4.68. The van der Waals surface area contributed by atoms with E-state index in [2.05, 4.69) is 11.1 Å². The Morgan fingerprint density at radius 1 is 0.947 bits per heavy atom. The second-order valence-electron chi connectivity index (χ2n) is 10.0. The minimum absolute atomic E-state index is 0.00467. The van der Waals surface area contributed by atoms with Crippen LogP contribution < -0.4 is 0 Å². The van der Waals surface area contributed by atoms with Gasteiger partial charge in [-0.05, 0) is 57.1 Å². The Morgan fingerprint density at radius 3 is 1.97 bits per heavy atom. The van der Waals surface area contributed by atoms with Gasteiger partial charge in [-0.2, -0.15) is 21.6 Å². The summed E-state index contributed by atoms with van der Waals surface area (Å²) in [7, 11) is -5.85. The smallest absolute Gasteiger partial charge is 0.465 e. The van der Waals surface area contributed by atoms with Crippen molar-refractivity contribution >= 4 is 28.0 Å². The largest absolute Gasteiger partial charge is 0.534 e. The van der Waals surface area contributed by atoms with Crippen LogP contribution in [0.15, 0.2) is 48.4 Å². The summed E-state index contributed by atoms with van der Waals surface area (Å²) in [6, 6.07) is 9.67. The third kappa shape index (κ3) is 8.67. The van der Waals surface area contributed by atoms with Crippen LogP contribution in [-0.2, 0) is 19.0 Å². The maximum absolute atomic E-state index is 12.4. The van der Waals surface area contributed by atoms with Crippen LogP contribution >= 0.6 is 0 Å². The van der Waals surface area contributed by atoms with Gasteiger partial charge in [0.05, 0.1) is 5.70 Å². The molecule has 0 spiro atoms. The molecule has 1 N–H and O–H groups in total. The van der Waals surface area contributed by atoms with Gasteiger partial charge in [-0.15, -0.1) is 0 Å². The van der Waals surface area contributed by atoms with Crippen molar-refractivity contribution in [1.82, 2.24) is 9.80 Å². The lowest BCUT2D eigenvalue weighted by molar-refractivity contribution is -0.0545. The van der Waals surface area contributed by atoms with E-state index in [9.17, 15) is 31.2 Å². The quantitative estimate of drug-likeness (QED) is 0.354. The minimum atomic E-state index is -5.85.